The van der Waals surface area contributed by atoms with Gasteiger partial charge in [-0.1, -0.05) is 6.92 Å². The summed E-state index contributed by atoms with van der Waals surface area (Å²) in [6.45, 7) is 4.59. The molecule has 1 atom stereocenters. The zero-order chi connectivity index (χ0) is 8.39. The van der Waals surface area contributed by atoms with Crippen LogP contribution in [-0.2, 0) is 0 Å². The van der Waals surface area contributed by atoms with Gasteiger partial charge in [0.05, 0.1) is 0 Å². The van der Waals surface area contributed by atoms with E-state index in [0.29, 0.717) is 0 Å². The highest BCUT2D eigenvalue weighted by molar-refractivity contribution is 8.00. The zero-order valence-electron chi connectivity index (χ0n) is 7.06. The fourth-order valence-corrected chi connectivity index (χ4v) is 3.06. The van der Waals surface area contributed by atoms with E-state index in [1.807, 2.05) is 11.6 Å². The molecule has 0 aromatic carbocycles. The lowest BCUT2D eigenvalue weighted by Gasteiger charge is -2.30. The molecule has 66 valence electrons. The minimum Gasteiger partial charge on any atom is -0.346 e. The van der Waals surface area contributed by atoms with Crippen molar-refractivity contribution in [2.45, 2.75) is 12.2 Å². The summed E-state index contributed by atoms with van der Waals surface area (Å²) < 4.78 is 0. The van der Waals surface area contributed by atoms with Crippen molar-refractivity contribution < 1.29 is 0 Å². The van der Waals surface area contributed by atoms with E-state index in [9.17, 15) is 0 Å². The summed E-state index contributed by atoms with van der Waals surface area (Å²) in [5.74, 6) is 1.24. The standard InChI is InChI=1S/C8H12N2S2/c1-7-6-10(3-5-11-7)8-9-2-4-12-8/h2,4,7H,3,5-6H2,1H3. The van der Waals surface area contributed by atoms with Gasteiger partial charge in [0.1, 0.15) is 0 Å². The molecular weight excluding hydrogens is 188 g/mol. The Balaban J connectivity index is 2.04. The monoisotopic (exact) mass is 200 g/mol. The van der Waals surface area contributed by atoms with Crippen molar-refractivity contribution in [1.82, 2.24) is 4.98 Å². The molecular formula is C8H12N2S2. The van der Waals surface area contributed by atoms with Crippen LogP contribution in [0.2, 0.25) is 0 Å². The molecule has 0 N–H and O–H groups in total. The van der Waals surface area contributed by atoms with Crippen molar-refractivity contribution in [3.63, 3.8) is 0 Å². The molecule has 2 nitrogen and oxygen atoms in total. The third-order valence-electron chi connectivity index (χ3n) is 1.93. The van der Waals surface area contributed by atoms with Crippen LogP contribution in [0.1, 0.15) is 6.92 Å². The minimum atomic E-state index is 0.752. The van der Waals surface area contributed by atoms with E-state index in [1.54, 1.807) is 11.3 Å². The lowest BCUT2D eigenvalue weighted by atomic mass is 10.4. The summed E-state index contributed by atoms with van der Waals surface area (Å²) in [6, 6.07) is 0. The van der Waals surface area contributed by atoms with Crippen LogP contribution in [0.5, 0.6) is 0 Å². The Morgan fingerprint density at radius 1 is 1.67 bits per heavy atom. The van der Waals surface area contributed by atoms with Gasteiger partial charge >= 0.3 is 0 Å². The maximum atomic E-state index is 4.31. The summed E-state index contributed by atoms with van der Waals surface area (Å²) in [5.41, 5.74) is 0. The lowest BCUT2D eigenvalue weighted by Crippen LogP contribution is -2.36. The second-order valence-electron chi connectivity index (χ2n) is 2.94. The van der Waals surface area contributed by atoms with E-state index in [1.165, 1.54) is 10.9 Å². The van der Waals surface area contributed by atoms with Crippen molar-refractivity contribution in [2.75, 3.05) is 23.7 Å². The molecule has 1 saturated heterocycles. The third-order valence-corrected chi connectivity index (χ3v) is 3.90. The number of rotatable bonds is 1. The van der Waals surface area contributed by atoms with E-state index in [0.717, 1.165) is 18.3 Å². The Labute approximate surface area is 81.0 Å². The van der Waals surface area contributed by atoms with Gasteiger partial charge in [0, 0.05) is 35.7 Å². The highest BCUT2D eigenvalue weighted by Gasteiger charge is 2.17. The topological polar surface area (TPSA) is 16.1 Å². The molecule has 0 aliphatic carbocycles. The maximum absolute atomic E-state index is 4.31. The molecule has 1 aliphatic heterocycles. The molecule has 1 fully saturated rings. The summed E-state index contributed by atoms with van der Waals surface area (Å²) in [4.78, 5) is 6.69. The van der Waals surface area contributed by atoms with Crippen molar-refractivity contribution in [2.24, 2.45) is 0 Å². The number of nitrogens with zero attached hydrogens (tertiary/aromatic N) is 2. The molecule has 1 aromatic heterocycles. The van der Waals surface area contributed by atoms with E-state index in [4.69, 9.17) is 0 Å². The van der Waals surface area contributed by atoms with Gasteiger partial charge in [0.25, 0.3) is 0 Å². The maximum Gasteiger partial charge on any atom is 0.185 e. The summed E-state index contributed by atoms with van der Waals surface area (Å²) in [5, 5.41) is 3.98. The van der Waals surface area contributed by atoms with Crippen molar-refractivity contribution in [3.05, 3.63) is 11.6 Å². The second-order valence-corrected chi connectivity index (χ2v) is 5.36. The molecule has 0 spiro atoms. The van der Waals surface area contributed by atoms with Crippen LogP contribution >= 0.6 is 23.1 Å². The van der Waals surface area contributed by atoms with E-state index in [2.05, 4.69) is 28.6 Å². The third kappa shape index (κ3) is 1.75. The van der Waals surface area contributed by atoms with E-state index < -0.39 is 0 Å². The number of aromatic nitrogens is 1. The first kappa shape index (κ1) is 8.38. The van der Waals surface area contributed by atoms with Gasteiger partial charge in [0.2, 0.25) is 0 Å². The molecule has 0 saturated carbocycles. The van der Waals surface area contributed by atoms with Gasteiger partial charge in [-0.25, -0.2) is 4.98 Å². The number of thioether (sulfide) groups is 1. The van der Waals surface area contributed by atoms with E-state index >= 15 is 0 Å². The van der Waals surface area contributed by atoms with Crippen LogP contribution in [0.25, 0.3) is 0 Å². The Hall–Kier alpha value is -0.220. The first-order chi connectivity index (χ1) is 5.86. The van der Waals surface area contributed by atoms with Crippen molar-refractivity contribution >= 4 is 28.2 Å². The number of thiazole rings is 1. The quantitative estimate of drug-likeness (QED) is 0.690. The molecule has 2 heterocycles. The van der Waals surface area contributed by atoms with Gasteiger partial charge < -0.3 is 4.90 Å². The smallest absolute Gasteiger partial charge is 0.185 e. The molecule has 1 aromatic rings. The largest absolute Gasteiger partial charge is 0.346 e. The van der Waals surface area contributed by atoms with Crippen LogP contribution in [0, 0.1) is 0 Å². The molecule has 0 amide bonds. The number of anilines is 1. The first-order valence-electron chi connectivity index (χ1n) is 4.12. The summed E-state index contributed by atoms with van der Waals surface area (Å²) >= 11 is 3.79. The van der Waals surface area contributed by atoms with Gasteiger partial charge in [-0.2, -0.15) is 11.8 Å². The lowest BCUT2D eigenvalue weighted by molar-refractivity contribution is 0.779. The predicted molar refractivity (Wildman–Crippen MR) is 56.2 cm³/mol. The van der Waals surface area contributed by atoms with Crippen LogP contribution in [0.4, 0.5) is 5.13 Å². The molecule has 12 heavy (non-hydrogen) atoms. The average molecular weight is 200 g/mol. The normalized spacial score (nSPS) is 24.4. The van der Waals surface area contributed by atoms with Crippen LogP contribution in [0.15, 0.2) is 11.6 Å². The predicted octanol–water partition coefficient (Wildman–Crippen LogP) is 2.08. The molecule has 1 unspecified atom stereocenters. The number of hydrogen-bond donors (Lipinski definition) is 0. The van der Waals surface area contributed by atoms with Gasteiger partial charge in [-0.05, 0) is 0 Å². The molecule has 2 rings (SSSR count). The molecule has 0 bridgehead atoms. The zero-order valence-corrected chi connectivity index (χ0v) is 8.70. The Morgan fingerprint density at radius 3 is 3.25 bits per heavy atom. The summed E-state index contributed by atoms with van der Waals surface area (Å²) in [7, 11) is 0. The fraction of sp³-hybridized carbons (Fsp3) is 0.625. The van der Waals surface area contributed by atoms with Crippen LogP contribution in [0.3, 0.4) is 0 Å². The second kappa shape index (κ2) is 3.66. The SMILES string of the molecule is CC1CN(c2nccs2)CCS1. The first-order valence-corrected chi connectivity index (χ1v) is 6.05. The van der Waals surface area contributed by atoms with Crippen molar-refractivity contribution in [3.8, 4) is 0 Å². The molecule has 1 aliphatic rings. The van der Waals surface area contributed by atoms with Gasteiger partial charge in [-0.3, -0.25) is 0 Å². The van der Waals surface area contributed by atoms with E-state index in [-0.39, 0.29) is 0 Å². The Bertz CT molecular complexity index is 235. The highest BCUT2D eigenvalue weighted by atomic mass is 32.2. The molecule has 0 radical (unpaired) electrons. The van der Waals surface area contributed by atoms with Gasteiger partial charge in [-0.15, -0.1) is 11.3 Å². The highest BCUT2D eigenvalue weighted by Crippen LogP contribution is 2.24. The van der Waals surface area contributed by atoms with Gasteiger partial charge in [0.15, 0.2) is 5.13 Å². The minimum absolute atomic E-state index is 0.752. The average Bonchev–Trinajstić information content (AvgIpc) is 2.56. The fourth-order valence-electron chi connectivity index (χ4n) is 1.36. The summed E-state index contributed by atoms with van der Waals surface area (Å²) in [6.07, 6.45) is 1.88. The molecule has 4 heteroatoms. The Morgan fingerprint density at radius 2 is 2.58 bits per heavy atom. The van der Waals surface area contributed by atoms with Crippen LogP contribution in [-0.4, -0.2) is 29.1 Å². The van der Waals surface area contributed by atoms with Crippen molar-refractivity contribution in [1.29, 1.82) is 0 Å². The Kier molecular flexibility index (Phi) is 2.56. The van der Waals surface area contributed by atoms with Crippen LogP contribution < -0.4 is 4.90 Å². The number of hydrogen-bond acceptors (Lipinski definition) is 4.